The Balaban J connectivity index is 1.54. The van der Waals surface area contributed by atoms with Gasteiger partial charge in [0, 0.05) is 17.5 Å². The highest BCUT2D eigenvalue weighted by atomic mass is 35.5. The summed E-state index contributed by atoms with van der Waals surface area (Å²) in [6.45, 7) is 1.59. The molecule has 1 N–H and O–H groups in total. The number of nitrogens with zero attached hydrogens (tertiary/aromatic N) is 1. The molecule has 0 radical (unpaired) electrons. The SMILES string of the molecule is Cc1cc(C2=NOC(c3cc(Cl)c(F)c(Cl)c3)(C(F)(F)F)C2)ccc1C(=O)NS(=O)Cc1ccccc1. The second kappa shape index (κ2) is 10.4. The summed E-state index contributed by atoms with van der Waals surface area (Å²) in [7, 11) is -1.68. The standard InChI is InChI=1S/C25H18Cl2F4N2O3S/c1-14-9-16(7-8-18(14)23(34)33-37(35)13-15-5-3-2-4-6-15)21-12-24(36-32-21,25(29,30)31)17-10-19(26)22(28)20(27)11-17/h2-11H,12-13H2,1H3,(H,33,34). The Labute approximate surface area is 222 Å². The van der Waals surface area contributed by atoms with Crippen molar-refractivity contribution >= 4 is 45.8 Å². The van der Waals surface area contributed by atoms with Crippen molar-refractivity contribution in [1.29, 1.82) is 0 Å². The van der Waals surface area contributed by atoms with Crippen LogP contribution in [0.5, 0.6) is 0 Å². The van der Waals surface area contributed by atoms with Gasteiger partial charge in [0.15, 0.2) is 5.82 Å². The molecule has 1 amide bonds. The zero-order valence-electron chi connectivity index (χ0n) is 19.0. The van der Waals surface area contributed by atoms with E-state index in [1.165, 1.54) is 18.2 Å². The Morgan fingerprint density at radius 1 is 1.11 bits per heavy atom. The third-order valence-corrected chi connectivity index (χ3v) is 7.35. The van der Waals surface area contributed by atoms with Crippen LogP contribution in [0, 0.1) is 12.7 Å². The second-order valence-electron chi connectivity index (χ2n) is 8.32. The van der Waals surface area contributed by atoms with Crippen LogP contribution in [-0.4, -0.2) is 22.0 Å². The van der Waals surface area contributed by atoms with Crippen LogP contribution in [0.1, 0.15) is 39.0 Å². The van der Waals surface area contributed by atoms with Gasteiger partial charge in [0.25, 0.3) is 11.5 Å². The third kappa shape index (κ3) is 5.51. The Morgan fingerprint density at radius 3 is 2.35 bits per heavy atom. The highest BCUT2D eigenvalue weighted by Gasteiger charge is 2.62. The van der Waals surface area contributed by atoms with Crippen molar-refractivity contribution in [3.8, 4) is 0 Å². The molecule has 5 nitrogen and oxygen atoms in total. The summed E-state index contributed by atoms with van der Waals surface area (Å²) >= 11 is 11.5. The zero-order valence-corrected chi connectivity index (χ0v) is 21.4. The van der Waals surface area contributed by atoms with Gasteiger partial charge >= 0.3 is 6.18 Å². The molecule has 2 atom stereocenters. The Kier molecular flexibility index (Phi) is 7.64. The minimum Gasteiger partial charge on any atom is -0.374 e. The number of benzene rings is 3. The minimum absolute atomic E-state index is 0.0448. The molecule has 0 bridgehead atoms. The van der Waals surface area contributed by atoms with Crippen molar-refractivity contribution in [2.24, 2.45) is 5.16 Å². The highest BCUT2D eigenvalue weighted by Crippen LogP contribution is 2.50. The first-order chi connectivity index (χ1) is 17.4. The molecule has 194 valence electrons. The maximum absolute atomic E-state index is 14.2. The smallest absolute Gasteiger partial charge is 0.374 e. The number of nitrogens with one attached hydrogen (secondary N) is 1. The number of alkyl halides is 3. The van der Waals surface area contributed by atoms with E-state index in [0.717, 1.165) is 17.7 Å². The molecular weight excluding hydrogens is 555 g/mol. The van der Waals surface area contributed by atoms with Crippen LogP contribution in [0.3, 0.4) is 0 Å². The van der Waals surface area contributed by atoms with Crippen molar-refractivity contribution in [3.63, 3.8) is 0 Å². The lowest BCUT2D eigenvalue weighted by molar-refractivity contribution is -0.275. The zero-order chi connectivity index (χ0) is 27.0. The largest absolute Gasteiger partial charge is 0.435 e. The van der Waals surface area contributed by atoms with Crippen molar-refractivity contribution in [2.75, 3.05) is 0 Å². The number of hydrogen-bond donors (Lipinski definition) is 1. The number of oxime groups is 1. The molecule has 0 saturated heterocycles. The average Bonchev–Trinajstić information content (AvgIpc) is 3.30. The van der Waals surface area contributed by atoms with Crippen molar-refractivity contribution in [3.05, 3.63) is 104 Å². The average molecular weight is 573 g/mol. The Bertz CT molecular complexity index is 1390. The second-order valence-corrected chi connectivity index (χ2v) is 10.3. The number of halogens is 6. The van der Waals surface area contributed by atoms with Gasteiger partial charge in [-0.3, -0.25) is 9.52 Å². The summed E-state index contributed by atoms with van der Waals surface area (Å²) in [4.78, 5) is 17.6. The number of carbonyl (C=O) groups is 1. The fourth-order valence-corrected chi connectivity index (χ4v) is 5.24. The molecule has 0 saturated carbocycles. The third-order valence-electron chi connectivity index (χ3n) is 5.79. The van der Waals surface area contributed by atoms with Crippen LogP contribution in [0.4, 0.5) is 17.6 Å². The van der Waals surface area contributed by atoms with E-state index in [0.29, 0.717) is 5.56 Å². The predicted octanol–water partition coefficient (Wildman–Crippen LogP) is 6.62. The fraction of sp³-hybridized carbons (Fsp3) is 0.200. The van der Waals surface area contributed by atoms with Gasteiger partial charge in [-0.05, 0) is 47.9 Å². The molecule has 0 spiro atoms. The van der Waals surface area contributed by atoms with Gasteiger partial charge in [0.05, 0.1) is 21.5 Å². The molecule has 37 heavy (non-hydrogen) atoms. The van der Waals surface area contributed by atoms with Crippen LogP contribution < -0.4 is 4.72 Å². The molecule has 1 aliphatic heterocycles. The summed E-state index contributed by atoms with van der Waals surface area (Å²) < 4.78 is 71.3. The first-order valence-corrected chi connectivity index (χ1v) is 12.8. The Morgan fingerprint density at radius 2 is 1.76 bits per heavy atom. The van der Waals surface area contributed by atoms with Gasteiger partial charge < -0.3 is 4.84 Å². The number of amides is 1. The van der Waals surface area contributed by atoms with Gasteiger partial charge in [0.2, 0.25) is 0 Å². The molecular formula is C25H18Cl2F4N2O3S. The van der Waals surface area contributed by atoms with E-state index in [-0.39, 0.29) is 22.6 Å². The maximum Gasteiger partial charge on any atom is 0.435 e. The van der Waals surface area contributed by atoms with E-state index < -0.39 is 56.5 Å². The quantitative estimate of drug-likeness (QED) is 0.267. The lowest BCUT2D eigenvalue weighted by atomic mass is 9.86. The fourth-order valence-electron chi connectivity index (χ4n) is 3.87. The van der Waals surface area contributed by atoms with E-state index in [2.05, 4.69) is 9.88 Å². The van der Waals surface area contributed by atoms with E-state index in [1.807, 2.05) is 6.07 Å². The van der Waals surface area contributed by atoms with Crippen molar-refractivity contribution in [1.82, 2.24) is 4.72 Å². The van der Waals surface area contributed by atoms with Crippen LogP contribution in [-0.2, 0) is 27.2 Å². The van der Waals surface area contributed by atoms with E-state index in [1.54, 1.807) is 31.2 Å². The lowest BCUT2D eigenvalue weighted by Gasteiger charge is -2.29. The van der Waals surface area contributed by atoms with Crippen LogP contribution in [0.15, 0.2) is 65.8 Å². The number of carbonyl (C=O) groups excluding carboxylic acids is 1. The van der Waals surface area contributed by atoms with Gasteiger partial charge in [0.1, 0.15) is 11.0 Å². The molecule has 3 aromatic carbocycles. The minimum atomic E-state index is -4.94. The first kappa shape index (κ1) is 27.1. The van der Waals surface area contributed by atoms with Gasteiger partial charge in [-0.15, -0.1) is 0 Å². The number of hydrogen-bond acceptors (Lipinski definition) is 4. The molecule has 3 aromatic rings. The molecule has 1 heterocycles. The van der Waals surface area contributed by atoms with E-state index >= 15 is 0 Å². The van der Waals surface area contributed by atoms with Crippen LogP contribution in [0.2, 0.25) is 10.0 Å². The molecule has 0 aliphatic carbocycles. The topological polar surface area (TPSA) is 67.8 Å². The van der Waals surface area contributed by atoms with Crippen molar-refractivity contribution < 1.29 is 31.4 Å². The highest BCUT2D eigenvalue weighted by molar-refractivity contribution is 7.82. The number of rotatable bonds is 6. The maximum atomic E-state index is 14.2. The van der Waals surface area contributed by atoms with Crippen LogP contribution >= 0.6 is 23.2 Å². The normalized spacial score (nSPS) is 18.2. The number of aryl methyl sites for hydroxylation is 1. The summed E-state index contributed by atoms with van der Waals surface area (Å²) in [6.07, 6.45) is -5.68. The molecule has 0 fully saturated rings. The summed E-state index contributed by atoms with van der Waals surface area (Å²) in [5, 5.41) is 2.49. The van der Waals surface area contributed by atoms with Gasteiger partial charge in [-0.2, -0.15) is 13.2 Å². The molecule has 1 aliphatic rings. The van der Waals surface area contributed by atoms with Crippen molar-refractivity contribution in [2.45, 2.75) is 30.9 Å². The summed E-state index contributed by atoms with van der Waals surface area (Å²) in [6, 6.07) is 14.9. The molecule has 0 aromatic heterocycles. The van der Waals surface area contributed by atoms with Gasteiger partial charge in [-0.1, -0.05) is 64.8 Å². The van der Waals surface area contributed by atoms with Crippen LogP contribution in [0.25, 0.3) is 0 Å². The van der Waals surface area contributed by atoms with Gasteiger partial charge in [-0.25, -0.2) is 8.60 Å². The summed E-state index contributed by atoms with van der Waals surface area (Å²) in [5.41, 5.74) is -1.79. The van der Waals surface area contributed by atoms with E-state index in [4.69, 9.17) is 28.0 Å². The first-order valence-electron chi connectivity index (χ1n) is 10.7. The lowest BCUT2D eigenvalue weighted by Crippen LogP contribution is -2.42. The molecule has 12 heteroatoms. The monoisotopic (exact) mass is 572 g/mol. The Hall–Kier alpha value is -2.95. The predicted molar refractivity (Wildman–Crippen MR) is 133 cm³/mol. The molecule has 2 unspecified atom stereocenters. The summed E-state index contributed by atoms with van der Waals surface area (Å²) in [5.74, 6) is -1.52. The molecule has 4 rings (SSSR count). The van der Waals surface area contributed by atoms with E-state index in [9.17, 15) is 26.6 Å².